The van der Waals surface area contributed by atoms with Gasteiger partial charge in [0.2, 0.25) is 5.88 Å². The van der Waals surface area contributed by atoms with Gasteiger partial charge in [-0.2, -0.15) is 0 Å². The third kappa shape index (κ3) is 2.24. The van der Waals surface area contributed by atoms with E-state index in [0.29, 0.717) is 18.7 Å². The lowest BCUT2D eigenvalue weighted by Crippen LogP contribution is -2.27. The van der Waals surface area contributed by atoms with E-state index in [1.54, 1.807) is 9.36 Å². The van der Waals surface area contributed by atoms with Crippen LogP contribution in [0.25, 0.3) is 11.1 Å². The Morgan fingerprint density at radius 2 is 1.86 bits per heavy atom. The van der Waals surface area contributed by atoms with Crippen LogP contribution in [0.15, 0.2) is 21.4 Å². The summed E-state index contributed by atoms with van der Waals surface area (Å²) >= 11 is 3.50. The zero-order valence-electron chi connectivity index (χ0n) is 12.3. The molecule has 112 valence electrons. The van der Waals surface area contributed by atoms with Crippen LogP contribution in [0, 0.1) is 6.92 Å². The fraction of sp³-hybridized carbons (Fsp3) is 0.438. The molecule has 2 heterocycles. The fourth-order valence-electron chi connectivity index (χ4n) is 3.22. The Labute approximate surface area is 132 Å². The number of rotatable bonds is 2. The summed E-state index contributed by atoms with van der Waals surface area (Å²) < 4.78 is 4.40. The topological polar surface area (TPSA) is 47.2 Å². The predicted molar refractivity (Wildman–Crippen MR) is 86.8 cm³/mol. The van der Waals surface area contributed by atoms with Gasteiger partial charge in [0, 0.05) is 17.6 Å². The van der Waals surface area contributed by atoms with Crippen LogP contribution in [0.4, 0.5) is 0 Å². The van der Waals surface area contributed by atoms with Crippen molar-refractivity contribution in [1.29, 1.82) is 0 Å². The lowest BCUT2D eigenvalue weighted by atomic mass is 9.95. The summed E-state index contributed by atoms with van der Waals surface area (Å²) in [5, 5.41) is 10.6. The molecule has 21 heavy (non-hydrogen) atoms. The predicted octanol–water partition coefficient (Wildman–Crippen LogP) is 3.45. The molecule has 1 aliphatic rings. The first kappa shape index (κ1) is 14.4. The maximum Gasteiger partial charge on any atom is 0.278 e. The SMILES string of the molecule is CCc1cc(Br)cc(C)c1-c1c(O)n2n(c1=O)CCCC2. The van der Waals surface area contributed by atoms with Gasteiger partial charge >= 0.3 is 0 Å². The van der Waals surface area contributed by atoms with E-state index in [-0.39, 0.29) is 11.4 Å². The molecule has 5 heteroatoms. The molecule has 0 unspecified atom stereocenters. The van der Waals surface area contributed by atoms with Crippen molar-refractivity contribution in [3.05, 3.63) is 38.1 Å². The lowest BCUT2D eigenvalue weighted by molar-refractivity contribution is 0.305. The number of aryl methyl sites for hydroxylation is 2. The number of halogens is 1. The van der Waals surface area contributed by atoms with Gasteiger partial charge in [0.15, 0.2) is 0 Å². The molecular weight excluding hydrogens is 332 g/mol. The minimum absolute atomic E-state index is 0.0766. The summed E-state index contributed by atoms with van der Waals surface area (Å²) in [5.41, 5.74) is 3.36. The number of hydrogen-bond acceptors (Lipinski definition) is 2. The second-order valence-corrected chi connectivity index (χ2v) is 6.48. The van der Waals surface area contributed by atoms with Crippen LogP contribution >= 0.6 is 15.9 Å². The Morgan fingerprint density at radius 1 is 1.19 bits per heavy atom. The van der Waals surface area contributed by atoms with E-state index >= 15 is 0 Å². The highest BCUT2D eigenvalue weighted by atomic mass is 79.9. The van der Waals surface area contributed by atoms with Crippen LogP contribution in [-0.4, -0.2) is 14.5 Å². The Kier molecular flexibility index (Phi) is 3.69. The molecule has 0 spiro atoms. The van der Waals surface area contributed by atoms with Gasteiger partial charge in [-0.25, -0.2) is 4.68 Å². The van der Waals surface area contributed by atoms with Crippen molar-refractivity contribution in [3.63, 3.8) is 0 Å². The molecule has 0 bridgehead atoms. The molecule has 0 radical (unpaired) electrons. The van der Waals surface area contributed by atoms with Crippen molar-refractivity contribution in [2.75, 3.05) is 0 Å². The molecule has 3 rings (SSSR count). The number of nitrogens with zero attached hydrogens (tertiary/aromatic N) is 2. The molecule has 0 saturated heterocycles. The Hall–Kier alpha value is -1.49. The Morgan fingerprint density at radius 3 is 2.48 bits per heavy atom. The summed E-state index contributed by atoms with van der Waals surface area (Å²) in [7, 11) is 0. The molecule has 1 aromatic heterocycles. The van der Waals surface area contributed by atoms with Crippen molar-refractivity contribution < 1.29 is 5.11 Å². The molecule has 0 aliphatic carbocycles. The van der Waals surface area contributed by atoms with E-state index in [4.69, 9.17) is 0 Å². The highest BCUT2D eigenvalue weighted by molar-refractivity contribution is 9.10. The minimum Gasteiger partial charge on any atom is -0.493 e. The van der Waals surface area contributed by atoms with Crippen molar-refractivity contribution in [3.8, 4) is 17.0 Å². The molecule has 1 aliphatic heterocycles. The zero-order chi connectivity index (χ0) is 15.1. The number of benzene rings is 1. The van der Waals surface area contributed by atoms with Gasteiger partial charge in [0.1, 0.15) is 5.56 Å². The van der Waals surface area contributed by atoms with Gasteiger partial charge in [0.25, 0.3) is 5.56 Å². The summed E-state index contributed by atoms with van der Waals surface area (Å²) in [6.45, 7) is 5.44. The van der Waals surface area contributed by atoms with Crippen molar-refractivity contribution in [2.45, 2.75) is 46.2 Å². The van der Waals surface area contributed by atoms with Gasteiger partial charge in [-0.1, -0.05) is 22.9 Å². The van der Waals surface area contributed by atoms with Crippen LogP contribution in [0.1, 0.15) is 30.9 Å². The summed E-state index contributed by atoms with van der Waals surface area (Å²) in [6, 6.07) is 4.03. The van der Waals surface area contributed by atoms with E-state index in [2.05, 4.69) is 22.9 Å². The van der Waals surface area contributed by atoms with Gasteiger partial charge < -0.3 is 5.11 Å². The van der Waals surface area contributed by atoms with E-state index in [0.717, 1.165) is 40.4 Å². The molecule has 0 saturated carbocycles. The first-order valence-electron chi connectivity index (χ1n) is 7.36. The number of fused-ring (bicyclic) bond motifs is 1. The van der Waals surface area contributed by atoms with Gasteiger partial charge in [0.05, 0.1) is 0 Å². The molecule has 1 N–H and O–H groups in total. The Balaban J connectivity index is 2.32. The average molecular weight is 351 g/mol. The van der Waals surface area contributed by atoms with E-state index in [1.165, 1.54) is 0 Å². The largest absolute Gasteiger partial charge is 0.493 e. The van der Waals surface area contributed by atoms with Crippen LogP contribution in [0.3, 0.4) is 0 Å². The second kappa shape index (κ2) is 5.37. The second-order valence-electron chi connectivity index (χ2n) is 5.57. The van der Waals surface area contributed by atoms with E-state index in [1.807, 2.05) is 19.1 Å². The normalized spacial score (nSPS) is 14.2. The number of aromatic nitrogens is 2. The van der Waals surface area contributed by atoms with Crippen molar-refractivity contribution >= 4 is 15.9 Å². The lowest BCUT2D eigenvalue weighted by Gasteiger charge is -2.17. The van der Waals surface area contributed by atoms with Crippen LogP contribution in [-0.2, 0) is 19.5 Å². The molecule has 4 nitrogen and oxygen atoms in total. The van der Waals surface area contributed by atoms with Crippen LogP contribution < -0.4 is 5.56 Å². The van der Waals surface area contributed by atoms with Gasteiger partial charge in [-0.05, 0) is 55.0 Å². The molecular formula is C16H19BrN2O2. The Bertz CT molecular complexity index is 759. The van der Waals surface area contributed by atoms with Crippen LogP contribution in [0.5, 0.6) is 5.88 Å². The van der Waals surface area contributed by atoms with E-state index < -0.39 is 0 Å². The molecule has 0 amide bonds. The fourth-order valence-corrected chi connectivity index (χ4v) is 3.84. The standard InChI is InChI=1S/C16H19BrN2O2/c1-3-11-9-12(17)8-10(2)13(11)14-15(20)18-6-4-5-7-19(18)16(14)21/h8-9,20H,3-7H2,1-2H3. The molecule has 2 aromatic rings. The average Bonchev–Trinajstić information content (AvgIpc) is 2.71. The maximum atomic E-state index is 12.7. The number of hydrogen-bond donors (Lipinski definition) is 1. The number of aromatic hydroxyl groups is 1. The van der Waals surface area contributed by atoms with Gasteiger partial charge in [-0.3, -0.25) is 9.48 Å². The monoisotopic (exact) mass is 350 g/mol. The zero-order valence-corrected chi connectivity index (χ0v) is 13.9. The highest BCUT2D eigenvalue weighted by Crippen LogP contribution is 2.35. The molecule has 1 aromatic carbocycles. The maximum absolute atomic E-state index is 12.7. The van der Waals surface area contributed by atoms with Crippen LogP contribution in [0.2, 0.25) is 0 Å². The van der Waals surface area contributed by atoms with Crippen molar-refractivity contribution in [2.24, 2.45) is 0 Å². The van der Waals surface area contributed by atoms with E-state index in [9.17, 15) is 9.90 Å². The first-order valence-corrected chi connectivity index (χ1v) is 8.15. The summed E-state index contributed by atoms with van der Waals surface area (Å²) in [4.78, 5) is 12.7. The third-order valence-electron chi connectivity index (χ3n) is 4.21. The summed E-state index contributed by atoms with van der Waals surface area (Å²) in [6.07, 6.45) is 2.81. The summed E-state index contributed by atoms with van der Waals surface area (Å²) in [5.74, 6) is 0.111. The quantitative estimate of drug-likeness (QED) is 0.901. The third-order valence-corrected chi connectivity index (χ3v) is 4.67. The molecule has 0 fully saturated rings. The minimum atomic E-state index is -0.0766. The van der Waals surface area contributed by atoms with Crippen molar-refractivity contribution in [1.82, 2.24) is 9.36 Å². The van der Waals surface area contributed by atoms with Gasteiger partial charge in [-0.15, -0.1) is 0 Å². The molecule has 0 atom stereocenters. The smallest absolute Gasteiger partial charge is 0.278 e. The first-order chi connectivity index (χ1) is 10.0. The highest BCUT2D eigenvalue weighted by Gasteiger charge is 2.25.